The number of carbonyl (C=O) groups is 1. The van der Waals surface area contributed by atoms with Gasteiger partial charge in [-0.05, 0) is 11.1 Å². The van der Waals surface area contributed by atoms with Gasteiger partial charge in [0.1, 0.15) is 12.1 Å². The number of amides is 1. The first-order chi connectivity index (χ1) is 10.2. The van der Waals surface area contributed by atoms with Crippen LogP contribution in [0.25, 0.3) is 0 Å². The zero-order valence-corrected chi connectivity index (χ0v) is 11.1. The minimum absolute atomic E-state index is 0.119. The van der Waals surface area contributed by atoms with Crippen LogP contribution in [0.4, 0.5) is 0 Å². The Kier molecular flexibility index (Phi) is 4.30. The highest BCUT2D eigenvalue weighted by atomic mass is 16.2. The number of rotatable bonds is 4. The lowest BCUT2D eigenvalue weighted by atomic mass is 10.1. The van der Waals surface area contributed by atoms with Crippen molar-refractivity contribution in [3.05, 3.63) is 53.1 Å². The molecular formula is C14H12N6O. The van der Waals surface area contributed by atoms with E-state index in [9.17, 15) is 4.79 Å². The Hall–Kier alpha value is -3.16. The molecule has 0 spiro atoms. The first-order valence-corrected chi connectivity index (χ1v) is 6.10. The Morgan fingerprint density at radius 2 is 1.90 bits per heavy atom. The number of imidazole rings is 1. The third kappa shape index (κ3) is 3.24. The maximum absolute atomic E-state index is 11.2. The Labute approximate surface area is 121 Å². The first-order valence-electron chi connectivity index (χ1n) is 6.10. The van der Waals surface area contributed by atoms with Crippen molar-refractivity contribution in [1.29, 1.82) is 10.5 Å². The lowest BCUT2D eigenvalue weighted by Gasteiger charge is -2.06. The second-order valence-corrected chi connectivity index (χ2v) is 4.35. The van der Waals surface area contributed by atoms with E-state index in [0.29, 0.717) is 6.54 Å². The van der Waals surface area contributed by atoms with Crippen LogP contribution in [0.2, 0.25) is 0 Å². The normalized spacial score (nSPS) is 9.67. The van der Waals surface area contributed by atoms with E-state index in [2.05, 4.69) is 10.4 Å². The standard InChI is InChI=1S/C14H12N6O/c15-6-12-13(7-16)20(9-18-12)8-11-3-1-10(2-4-11)5-14(21)19-17/h1-4,9H,5,8,17H2,(H,19,21). The van der Waals surface area contributed by atoms with Crippen LogP contribution in [0.5, 0.6) is 0 Å². The molecule has 0 atom stereocenters. The van der Waals surface area contributed by atoms with Crippen LogP contribution in [-0.2, 0) is 17.8 Å². The molecule has 0 fully saturated rings. The molecule has 21 heavy (non-hydrogen) atoms. The quantitative estimate of drug-likeness (QED) is 0.471. The molecule has 7 heteroatoms. The van der Waals surface area contributed by atoms with Crippen LogP contribution < -0.4 is 11.3 Å². The summed E-state index contributed by atoms with van der Waals surface area (Å²) in [4.78, 5) is 15.0. The molecular weight excluding hydrogens is 268 g/mol. The average molecular weight is 280 g/mol. The number of hydrazine groups is 1. The Morgan fingerprint density at radius 1 is 1.24 bits per heavy atom. The summed E-state index contributed by atoms with van der Waals surface area (Å²) < 4.78 is 1.61. The van der Waals surface area contributed by atoms with Crippen molar-refractivity contribution in [3.63, 3.8) is 0 Å². The van der Waals surface area contributed by atoms with E-state index in [1.807, 2.05) is 36.4 Å². The monoisotopic (exact) mass is 280 g/mol. The summed E-state index contributed by atoms with van der Waals surface area (Å²) in [5.74, 6) is 4.77. The van der Waals surface area contributed by atoms with E-state index < -0.39 is 0 Å². The molecule has 0 bridgehead atoms. The Balaban J connectivity index is 2.14. The van der Waals surface area contributed by atoms with Gasteiger partial charge in [0, 0.05) is 6.54 Å². The van der Waals surface area contributed by atoms with Crippen molar-refractivity contribution >= 4 is 5.91 Å². The number of nitrogens with zero attached hydrogens (tertiary/aromatic N) is 4. The van der Waals surface area contributed by atoms with Crippen molar-refractivity contribution in [2.24, 2.45) is 5.84 Å². The smallest absolute Gasteiger partial charge is 0.238 e. The minimum Gasteiger partial charge on any atom is -0.317 e. The highest BCUT2D eigenvalue weighted by Crippen LogP contribution is 2.11. The van der Waals surface area contributed by atoms with Gasteiger partial charge in [-0.2, -0.15) is 10.5 Å². The van der Waals surface area contributed by atoms with Crippen molar-refractivity contribution < 1.29 is 4.79 Å². The SMILES string of the molecule is N#Cc1ncn(Cc2ccc(CC(=O)NN)cc2)c1C#N. The maximum atomic E-state index is 11.2. The van der Waals surface area contributed by atoms with Gasteiger partial charge in [-0.1, -0.05) is 24.3 Å². The van der Waals surface area contributed by atoms with Crippen LogP contribution in [-0.4, -0.2) is 15.5 Å². The molecule has 3 N–H and O–H groups in total. The molecule has 2 rings (SSSR count). The minimum atomic E-state index is -0.261. The second kappa shape index (κ2) is 6.33. The number of benzene rings is 1. The molecule has 1 heterocycles. The van der Waals surface area contributed by atoms with Gasteiger partial charge in [-0.3, -0.25) is 10.2 Å². The fraction of sp³-hybridized carbons (Fsp3) is 0.143. The van der Waals surface area contributed by atoms with Crippen LogP contribution in [0.3, 0.4) is 0 Å². The molecule has 0 unspecified atom stereocenters. The molecule has 0 aliphatic carbocycles. The van der Waals surface area contributed by atoms with E-state index in [1.54, 1.807) is 4.57 Å². The number of carbonyl (C=O) groups excluding carboxylic acids is 1. The summed E-state index contributed by atoms with van der Waals surface area (Å²) in [5, 5.41) is 17.9. The largest absolute Gasteiger partial charge is 0.317 e. The molecule has 0 radical (unpaired) electrons. The number of aromatic nitrogens is 2. The fourth-order valence-electron chi connectivity index (χ4n) is 1.90. The van der Waals surface area contributed by atoms with Crippen LogP contribution in [0.1, 0.15) is 22.5 Å². The summed E-state index contributed by atoms with van der Waals surface area (Å²) in [7, 11) is 0. The zero-order chi connectivity index (χ0) is 15.2. The summed E-state index contributed by atoms with van der Waals surface area (Å²) in [6.07, 6.45) is 1.68. The van der Waals surface area contributed by atoms with Crippen molar-refractivity contribution in [2.75, 3.05) is 0 Å². The van der Waals surface area contributed by atoms with E-state index in [1.165, 1.54) is 6.33 Å². The lowest BCUT2D eigenvalue weighted by Crippen LogP contribution is -2.31. The van der Waals surface area contributed by atoms with E-state index in [0.717, 1.165) is 11.1 Å². The third-order valence-electron chi connectivity index (χ3n) is 2.95. The molecule has 0 aliphatic rings. The molecule has 2 aromatic rings. The maximum Gasteiger partial charge on any atom is 0.238 e. The molecule has 1 aromatic carbocycles. The van der Waals surface area contributed by atoms with Crippen molar-refractivity contribution in [3.8, 4) is 12.1 Å². The lowest BCUT2D eigenvalue weighted by molar-refractivity contribution is -0.120. The van der Waals surface area contributed by atoms with Gasteiger partial charge < -0.3 is 4.57 Å². The van der Waals surface area contributed by atoms with Gasteiger partial charge in [-0.25, -0.2) is 10.8 Å². The van der Waals surface area contributed by atoms with Gasteiger partial charge in [-0.15, -0.1) is 0 Å². The number of nitriles is 2. The second-order valence-electron chi connectivity index (χ2n) is 4.35. The summed E-state index contributed by atoms with van der Waals surface area (Å²) in [5.41, 5.74) is 4.21. The summed E-state index contributed by atoms with van der Waals surface area (Å²) in [6.45, 7) is 0.431. The van der Waals surface area contributed by atoms with Gasteiger partial charge in [0.2, 0.25) is 5.91 Å². The van der Waals surface area contributed by atoms with Crippen LogP contribution in [0, 0.1) is 22.7 Å². The van der Waals surface area contributed by atoms with Crippen LogP contribution in [0.15, 0.2) is 30.6 Å². The highest BCUT2D eigenvalue weighted by Gasteiger charge is 2.10. The fourth-order valence-corrected chi connectivity index (χ4v) is 1.90. The molecule has 0 saturated carbocycles. The third-order valence-corrected chi connectivity index (χ3v) is 2.95. The molecule has 7 nitrogen and oxygen atoms in total. The number of nitrogens with one attached hydrogen (secondary N) is 1. The summed E-state index contributed by atoms with van der Waals surface area (Å²) >= 11 is 0. The van der Waals surface area contributed by atoms with E-state index >= 15 is 0 Å². The number of nitrogens with two attached hydrogens (primary N) is 1. The molecule has 104 valence electrons. The van der Waals surface area contributed by atoms with Gasteiger partial charge in [0.15, 0.2) is 11.4 Å². The highest BCUT2D eigenvalue weighted by molar-refractivity contribution is 5.77. The Morgan fingerprint density at radius 3 is 2.48 bits per heavy atom. The number of hydrogen-bond acceptors (Lipinski definition) is 5. The van der Waals surface area contributed by atoms with Crippen molar-refractivity contribution in [2.45, 2.75) is 13.0 Å². The van der Waals surface area contributed by atoms with E-state index in [-0.39, 0.29) is 23.7 Å². The summed E-state index contributed by atoms with van der Waals surface area (Å²) in [6, 6.07) is 11.2. The molecule has 1 aromatic heterocycles. The predicted molar refractivity (Wildman–Crippen MR) is 73.2 cm³/mol. The molecule has 1 amide bonds. The zero-order valence-electron chi connectivity index (χ0n) is 11.1. The number of hydrogen-bond donors (Lipinski definition) is 2. The van der Waals surface area contributed by atoms with Gasteiger partial charge in [0.05, 0.1) is 12.7 Å². The topological polar surface area (TPSA) is 121 Å². The van der Waals surface area contributed by atoms with E-state index in [4.69, 9.17) is 16.4 Å². The van der Waals surface area contributed by atoms with Gasteiger partial charge >= 0.3 is 0 Å². The Bertz CT molecular complexity index is 732. The first kappa shape index (κ1) is 14.3. The molecule has 0 saturated heterocycles. The average Bonchev–Trinajstić information content (AvgIpc) is 2.90. The van der Waals surface area contributed by atoms with Crippen LogP contribution >= 0.6 is 0 Å². The molecule has 0 aliphatic heterocycles. The predicted octanol–water partition coefficient (Wildman–Crippen LogP) is 0.207. The van der Waals surface area contributed by atoms with Crippen molar-refractivity contribution in [1.82, 2.24) is 15.0 Å². The van der Waals surface area contributed by atoms with Gasteiger partial charge in [0.25, 0.3) is 0 Å².